The summed E-state index contributed by atoms with van der Waals surface area (Å²) in [7, 11) is 4.96. The Morgan fingerprint density at radius 2 is 1.89 bits per heavy atom. The van der Waals surface area contributed by atoms with Crippen molar-refractivity contribution < 1.29 is 32.2 Å². The van der Waals surface area contributed by atoms with Crippen LogP contribution in [-0.4, -0.2) is 55.1 Å². The summed E-state index contributed by atoms with van der Waals surface area (Å²) < 4.78 is 50.2. The molecule has 0 radical (unpaired) electrons. The average Bonchev–Trinajstić information content (AvgIpc) is 3.14. The van der Waals surface area contributed by atoms with Gasteiger partial charge in [-0.25, -0.2) is 4.79 Å². The lowest BCUT2D eigenvalue weighted by atomic mass is 10.1. The topological polar surface area (TPSA) is 112 Å². The van der Waals surface area contributed by atoms with Gasteiger partial charge >= 0.3 is 12.1 Å². The summed E-state index contributed by atoms with van der Waals surface area (Å²) in [6.45, 7) is 0.486. The van der Waals surface area contributed by atoms with Gasteiger partial charge in [0, 0.05) is 50.7 Å². The Morgan fingerprint density at radius 3 is 2.47 bits per heavy atom. The molecule has 3 N–H and O–H groups in total. The fraction of sp³-hybridized carbons (Fsp3) is 0.261. The first-order valence-corrected chi connectivity index (χ1v) is 10.9. The molecule has 1 amide bonds. The monoisotopic (exact) mass is 525 g/mol. The molecule has 1 aromatic heterocycles. The molecule has 9 nitrogen and oxygen atoms in total. The van der Waals surface area contributed by atoms with Crippen LogP contribution in [0.25, 0.3) is 11.3 Å². The van der Waals surface area contributed by atoms with Gasteiger partial charge in [0.1, 0.15) is 18.1 Å². The number of nitrogens with one attached hydrogen (secondary N) is 1. The number of hydrogen-bond donors (Lipinski definition) is 2. The Labute approximate surface area is 209 Å². The van der Waals surface area contributed by atoms with Crippen molar-refractivity contribution in [2.24, 2.45) is 12.8 Å². The van der Waals surface area contributed by atoms with Crippen LogP contribution in [0.3, 0.4) is 0 Å². The summed E-state index contributed by atoms with van der Waals surface area (Å²) in [5, 5.41) is 7.04. The zero-order valence-electron chi connectivity index (χ0n) is 19.5. The second-order valence-corrected chi connectivity index (χ2v) is 8.14. The minimum atomic E-state index is -5.24. The van der Waals surface area contributed by atoms with Crippen molar-refractivity contribution in [3.05, 3.63) is 53.2 Å². The molecule has 0 saturated carbocycles. The summed E-state index contributed by atoms with van der Waals surface area (Å²) in [5.41, 5.74) is 6.96. The lowest BCUT2D eigenvalue weighted by molar-refractivity contribution is -0.189. The van der Waals surface area contributed by atoms with Gasteiger partial charge in [-0.1, -0.05) is 11.6 Å². The van der Waals surface area contributed by atoms with Crippen LogP contribution in [0.2, 0.25) is 5.02 Å². The number of carbonyl (C=O) groups is 2. The number of anilines is 2. The highest BCUT2D eigenvalue weighted by atomic mass is 35.5. The van der Waals surface area contributed by atoms with Crippen molar-refractivity contribution in [2.45, 2.75) is 6.18 Å². The molecular weight excluding hydrogens is 503 g/mol. The van der Waals surface area contributed by atoms with Gasteiger partial charge in [-0.3, -0.25) is 9.48 Å². The number of halogens is 4. The maximum absolute atomic E-state index is 13.0. The lowest BCUT2D eigenvalue weighted by Crippen LogP contribution is -2.29. The van der Waals surface area contributed by atoms with Crippen molar-refractivity contribution in [1.82, 2.24) is 9.78 Å². The normalized spacial score (nSPS) is 11.2. The van der Waals surface area contributed by atoms with E-state index in [1.165, 1.54) is 35.1 Å². The number of ether oxygens (including phenoxy) is 2. The molecular formula is C23H23ClF3N5O4. The van der Waals surface area contributed by atoms with Crippen LogP contribution in [0.1, 0.15) is 10.4 Å². The molecule has 0 aliphatic carbocycles. The van der Waals surface area contributed by atoms with Gasteiger partial charge in [0.2, 0.25) is 0 Å². The highest BCUT2D eigenvalue weighted by Gasteiger charge is 2.42. The van der Waals surface area contributed by atoms with Crippen molar-refractivity contribution in [1.29, 1.82) is 0 Å². The van der Waals surface area contributed by atoms with Crippen LogP contribution in [0.4, 0.5) is 24.5 Å². The third kappa shape index (κ3) is 6.07. The van der Waals surface area contributed by atoms with Gasteiger partial charge in [0.25, 0.3) is 5.91 Å². The SMILES string of the molecule is CN(C)c1ccc(C(=O)Nc2ccc(OCCN)c(-c3c(Cl)cnn3C)c2)c(OC(=O)C(F)(F)F)c1. The summed E-state index contributed by atoms with van der Waals surface area (Å²) in [5.74, 6) is -3.36. The molecule has 3 rings (SSSR count). The van der Waals surface area contributed by atoms with Gasteiger partial charge < -0.3 is 25.4 Å². The van der Waals surface area contributed by atoms with E-state index in [2.05, 4.69) is 15.2 Å². The first-order valence-electron chi connectivity index (χ1n) is 10.5. The molecule has 192 valence electrons. The van der Waals surface area contributed by atoms with Crippen LogP contribution in [0.5, 0.6) is 11.5 Å². The Kier molecular flexibility index (Phi) is 8.10. The molecule has 0 spiro atoms. The maximum Gasteiger partial charge on any atom is 0.491 e. The van der Waals surface area contributed by atoms with Crippen LogP contribution in [0.15, 0.2) is 42.6 Å². The summed E-state index contributed by atoms with van der Waals surface area (Å²) in [6.07, 6.45) is -3.79. The lowest BCUT2D eigenvalue weighted by Gasteiger charge is -2.17. The molecule has 1 heterocycles. The van der Waals surface area contributed by atoms with E-state index in [1.54, 1.807) is 38.2 Å². The van der Waals surface area contributed by atoms with Gasteiger partial charge in [-0.2, -0.15) is 18.3 Å². The number of nitrogens with zero attached hydrogens (tertiary/aromatic N) is 3. The van der Waals surface area contributed by atoms with E-state index in [9.17, 15) is 22.8 Å². The van der Waals surface area contributed by atoms with Crippen molar-refractivity contribution >= 4 is 34.9 Å². The highest BCUT2D eigenvalue weighted by Crippen LogP contribution is 2.37. The molecule has 3 aromatic rings. The van der Waals surface area contributed by atoms with Gasteiger partial charge in [0.15, 0.2) is 0 Å². The number of carbonyl (C=O) groups excluding carboxylic acids is 2. The summed E-state index contributed by atoms with van der Waals surface area (Å²) >= 11 is 6.29. The molecule has 2 aromatic carbocycles. The van der Waals surface area contributed by atoms with E-state index in [0.29, 0.717) is 27.7 Å². The van der Waals surface area contributed by atoms with E-state index >= 15 is 0 Å². The Bertz CT molecular complexity index is 1260. The quantitative estimate of drug-likeness (QED) is 0.339. The average molecular weight is 526 g/mol. The first kappa shape index (κ1) is 26.8. The molecule has 0 saturated heterocycles. The largest absolute Gasteiger partial charge is 0.492 e. The third-order valence-electron chi connectivity index (χ3n) is 4.92. The number of esters is 1. The number of benzene rings is 2. The maximum atomic E-state index is 13.0. The fourth-order valence-electron chi connectivity index (χ4n) is 3.22. The Morgan fingerprint density at radius 1 is 1.17 bits per heavy atom. The van der Waals surface area contributed by atoms with Crippen LogP contribution < -0.4 is 25.4 Å². The van der Waals surface area contributed by atoms with Crippen LogP contribution in [0, 0.1) is 0 Å². The van der Waals surface area contributed by atoms with E-state index in [1.807, 2.05) is 0 Å². The number of rotatable bonds is 8. The second kappa shape index (κ2) is 10.9. The van der Waals surface area contributed by atoms with Crippen LogP contribution in [-0.2, 0) is 11.8 Å². The van der Waals surface area contributed by atoms with Crippen molar-refractivity contribution in [2.75, 3.05) is 37.5 Å². The number of hydrogen-bond acceptors (Lipinski definition) is 7. The standard InChI is InChI=1S/C23H23ClF3N5O4/c1-31(2)14-5-6-15(19(11-14)36-22(34)23(25,26)27)21(33)30-13-4-7-18(35-9-8-28)16(10-13)20-17(24)12-29-32(20)3/h4-7,10-12H,8-9,28H2,1-3H3,(H,30,33). The Hall–Kier alpha value is -3.77. The summed E-state index contributed by atoms with van der Waals surface area (Å²) in [4.78, 5) is 26.1. The number of amides is 1. The smallest absolute Gasteiger partial charge is 0.491 e. The fourth-order valence-corrected chi connectivity index (χ4v) is 3.49. The first-order chi connectivity index (χ1) is 16.9. The zero-order valence-corrected chi connectivity index (χ0v) is 20.3. The zero-order chi connectivity index (χ0) is 26.6. The molecule has 0 aliphatic rings. The number of aryl methyl sites for hydroxylation is 1. The van der Waals surface area contributed by atoms with Gasteiger partial charge in [0.05, 0.1) is 22.5 Å². The molecule has 0 aliphatic heterocycles. The molecule has 0 fully saturated rings. The number of alkyl halides is 3. The minimum absolute atomic E-state index is 0.223. The molecule has 0 atom stereocenters. The predicted octanol–water partition coefficient (Wildman–Crippen LogP) is 3.86. The molecule has 0 unspecified atom stereocenters. The Balaban J connectivity index is 1.98. The summed E-state index contributed by atoms with van der Waals surface area (Å²) in [6, 6.07) is 8.63. The van der Waals surface area contributed by atoms with Crippen molar-refractivity contribution in [3.63, 3.8) is 0 Å². The van der Waals surface area contributed by atoms with E-state index in [0.717, 1.165) is 0 Å². The number of nitrogens with two attached hydrogens (primary N) is 1. The predicted molar refractivity (Wildman–Crippen MR) is 129 cm³/mol. The molecule has 36 heavy (non-hydrogen) atoms. The third-order valence-corrected chi connectivity index (χ3v) is 5.20. The highest BCUT2D eigenvalue weighted by molar-refractivity contribution is 6.33. The van der Waals surface area contributed by atoms with Gasteiger partial charge in [-0.05, 0) is 30.3 Å². The van der Waals surface area contributed by atoms with E-state index in [-0.39, 0.29) is 24.4 Å². The molecule has 13 heteroatoms. The van der Waals surface area contributed by atoms with E-state index in [4.69, 9.17) is 22.1 Å². The van der Waals surface area contributed by atoms with Crippen molar-refractivity contribution in [3.8, 4) is 22.8 Å². The van der Waals surface area contributed by atoms with Gasteiger partial charge in [-0.15, -0.1) is 0 Å². The van der Waals surface area contributed by atoms with Crippen LogP contribution >= 0.6 is 11.6 Å². The van der Waals surface area contributed by atoms with E-state index < -0.39 is 23.8 Å². The minimum Gasteiger partial charge on any atom is -0.492 e. The second-order valence-electron chi connectivity index (χ2n) is 7.73. The molecule has 0 bridgehead atoms. The number of aromatic nitrogens is 2.